The Morgan fingerprint density at radius 2 is 1.87 bits per heavy atom. The number of Topliss-reactive ketones (excluding diaryl/α,β-unsaturated/α-hetero) is 1. The maximum Gasteiger partial charge on any atom is 0.173 e. The van der Waals surface area contributed by atoms with Crippen LogP contribution in [0.3, 0.4) is 0 Å². The van der Waals surface area contributed by atoms with Gasteiger partial charge in [0, 0.05) is 0 Å². The number of aliphatic hydroxyl groups excluding tert-OH is 2. The van der Waals surface area contributed by atoms with Crippen LogP contribution in [-0.4, -0.2) is 34.3 Å². The Morgan fingerprint density at radius 3 is 2.48 bits per heavy atom. The van der Waals surface area contributed by atoms with Crippen LogP contribution in [0.1, 0.15) is 22.3 Å². The molecule has 1 fully saturated rings. The third-order valence-corrected chi connectivity index (χ3v) is 5.44. The lowest BCUT2D eigenvalue weighted by Crippen LogP contribution is -2.39. The van der Waals surface area contributed by atoms with Crippen LogP contribution in [0.25, 0.3) is 5.57 Å². The molecule has 2 heterocycles. The minimum absolute atomic E-state index is 0.0657. The van der Waals surface area contributed by atoms with E-state index in [4.69, 9.17) is 4.74 Å². The lowest BCUT2D eigenvalue weighted by molar-refractivity contribution is -0.118. The number of ether oxygens (including phenoxy) is 1. The number of ketones is 1. The van der Waals surface area contributed by atoms with Gasteiger partial charge in [-0.05, 0) is 37.5 Å². The third kappa shape index (κ3) is 1.71. The zero-order valence-electron chi connectivity index (χ0n) is 13.5. The highest BCUT2D eigenvalue weighted by atomic mass is 16.5. The lowest BCUT2D eigenvalue weighted by atomic mass is 9.77. The largest absolute Gasteiger partial charge is 0.511 e. The molecule has 4 atom stereocenters. The molecule has 0 radical (unpaired) electrons. The summed E-state index contributed by atoms with van der Waals surface area (Å²) in [6, 6.07) is 4.05. The molecule has 1 aromatic carbocycles. The standard InChI is InChI=1S/C19H20O4/c1-9-6-10(2)13(11(3)7-9)15-17(21)14-12-4-5-19(8-20,23-12)16(14)18(15)22/h4-7,12,14,16,20,22H,8H2,1-3H3/t12-,14-,16+,19?/m0/s1. The quantitative estimate of drug-likeness (QED) is 0.823. The summed E-state index contributed by atoms with van der Waals surface area (Å²) in [5.41, 5.74) is 3.37. The third-order valence-electron chi connectivity index (χ3n) is 5.44. The highest BCUT2D eigenvalue weighted by Crippen LogP contribution is 2.56. The van der Waals surface area contributed by atoms with E-state index in [1.54, 1.807) is 6.08 Å². The molecule has 4 heteroatoms. The topological polar surface area (TPSA) is 66.8 Å². The fourth-order valence-electron chi connectivity index (χ4n) is 4.62. The van der Waals surface area contributed by atoms with E-state index in [2.05, 4.69) is 0 Å². The van der Waals surface area contributed by atoms with E-state index in [-0.39, 0.29) is 24.3 Å². The van der Waals surface area contributed by atoms with E-state index in [1.165, 1.54) is 0 Å². The van der Waals surface area contributed by atoms with Crippen molar-refractivity contribution in [3.05, 3.63) is 52.3 Å². The Labute approximate surface area is 135 Å². The maximum atomic E-state index is 13.0. The summed E-state index contributed by atoms with van der Waals surface area (Å²) in [4.78, 5) is 13.0. The molecule has 120 valence electrons. The second-order valence-corrected chi connectivity index (χ2v) is 6.96. The summed E-state index contributed by atoms with van der Waals surface area (Å²) in [6.45, 7) is 5.70. The number of hydrogen-bond acceptors (Lipinski definition) is 4. The van der Waals surface area contributed by atoms with E-state index in [1.807, 2.05) is 39.0 Å². The zero-order chi connectivity index (χ0) is 16.5. The molecule has 23 heavy (non-hydrogen) atoms. The first kappa shape index (κ1) is 14.7. The van der Waals surface area contributed by atoms with Crippen LogP contribution in [0, 0.1) is 32.6 Å². The summed E-state index contributed by atoms with van der Waals surface area (Å²) < 4.78 is 5.80. The average Bonchev–Trinajstić information content (AvgIpc) is 3.12. The number of aliphatic hydroxyl groups is 2. The Morgan fingerprint density at radius 1 is 1.22 bits per heavy atom. The molecule has 1 aromatic rings. The van der Waals surface area contributed by atoms with Gasteiger partial charge in [0.05, 0.1) is 30.1 Å². The predicted octanol–water partition coefficient (Wildman–Crippen LogP) is 2.40. The first-order valence-electron chi connectivity index (χ1n) is 7.93. The van der Waals surface area contributed by atoms with Gasteiger partial charge in [-0.2, -0.15) is 0 Å². The Bertz CT molecular complexity index is 766. The maximum absolute atomic E-state index is 13.0. The first-order valence-corrected chi connectivity index (χ1v) is 7.93. The van der Waals surface area contributed by atoms with Crippen LogP contribution in [0.2, 0.25) is 0 Å². The molecule has 0 amide bonds. The fourth-order valence-corrected chi connectivity index (χ4v) is 4.62. The molecule has 2 bridgehead atoms. The van der Waals surface area contributed by atoms with E-state index < -0.39 is 17.4 Å². The Kier molecular flexibility index (Phi) is 2.91. The van der Waals surface area contributed by atoms with Crippen LogP contribution in [0.5, 0.6) is 0 Å². The molecule has 0 spiro atoms. The second kappa shape index (κ2) is 4.56. The van der Waals surface area contributed by atoms with Crippen molar-refractivity contribution in [3.63, 3.8) is 0 Å². The molecule has 0 saturated carbocycles. The van der Waals surface area contributed by atoms with E-state index in [0.29, 0.717) is 5.57 Å². The van der Waals surface area contributed by atoms with Gasteiger partial charge in [0.15, 0.2) is 5.78 Å². The first-order chi connectivity index (χ1) is 10.9. The Balaban J connectivity index is 1.91. The van der Waals surface area contributed by atoms with Crippen molar-refractivity contribution in [2.45, 2.75) is 32.5 Å². The summed E-state index contributed by atoms with van der Waals surface area (Å²) in [5, 5.41) is 20.6. The average molecular weight is 312 g/mol. The van der Waals surface area contributed by atoms with Gasteiger partial charge in [0.2, 0.25) is 0 Å². The molecule has 3 aliphatic rings. The van der Waals surface area contributed by atoms with E-state index in [9.17, 15) is 15.0 Å². The van der Waals surface area contributed by atoms with Gasteiger partial charge in [-0.25, -0.2) is 0 Å². The monoisotopic (exact) mass is 312 g/mol. The summed E-state index contributed by atoms with van der Waals surface area (Å²) in [7, 11) is 0. The van der Waals surface area contributed by atoms with Gasteiger partial charge in [-0.15, -0.1) is 0 Å². The van der Waals surface area contributed by atoms with Gasteiger partial charge in [-0.3, -0.25) is 4.79 Å². The number of aryl methyl sites for hydroxylation is 3. The smallest absolute Gasteiger partial charge is 0.173 e. The van der Waals surface area contributed by atoms with Gasteiger partial charge in [0.1, 0.15) is 11.4 Å². The summed E-state index contributed by atoms with van der Waals surface area (Å²) in [5.74, 6) is -0.921. The van der Waals surface area contributed by atoms with Crippen LogP contribution in [-0.2, 0) is 9.53 Å². The number of carbonyl (C=O) groups excluding carboxylic acids is 1. The SMILES string of the molecule is Cc1cc(C)c(C2=C(O)[C@H]3[C@@H](C2=O)[C@@H]2C=CC3(CO)O2)c(C)c1. The van der Waals surface area contributed by atoms with Gasteiger partial charge < -0.3 is 14.9 Å². The molecule has 1 saturated heterocycles. The number of hydrogen-bond donors (Lipinski definition) is 2. The Hall–Kier alpha value is -1.91. The molecular formula is C19H20O4. The van der Waals surface area contributed by atoms with Gasteiger partial charge in [0.25, 0.3) is 0 Å². The number of rotatable bonds is 2. The van der Waals surface area contributed by atoms with Crippen LogP contribution in [0.15, 0.2) is 30.0 Å². The molecule has 1 unspecified atom stereocenters. The highest BCUT2D eigenvalue weighted by molar-refractivity contribution is 6.26. The van der Waals surface area contributed by atoms with Crippen molar-refractivity contribution in [2.75, 3.05) is 6.61 Å². The highest BCUT2D eigenvalue weighted by Gasteiger charge is 2.64. The van der Waals surface area contributed by atoms with Crippen molar-refractivity contribution in [2.24, 2.45) is 11.8 Å². The zero-order valence-corrected chi connectivity index (χ0v) is 13.5. The molecular weight excluding hydrogens is 292 g/mol. The van der Waals surface area contributed by atoms with Crippen molar-refractivity contribution in [1.82, 2.24) is 0 Å². The van der Waals surface area contributed by atoms with Crippen molar-refractivity contribution in [3.8, 4) is 0 Å². The number of benzene rings is 1. The molecule has 2 N–H and O–H groups in total. The lowest BCUT2D eigenvalue weighted by Gasteiger charge is -2.27. The number of allylic oxidation sites excluding steroid dienone is 1. The number of carbonyl (C=O) groups is 1. The normalized spacial score (nSPS) is 34.6. The molecule has 1 aliphatic carbocycles. The van der Waals surface area contributed by atoms with Crippen molar-refractivity contribution < 1.29 is 19.7 Å². The minimum atomic E-state index is -0.955. The minimum Gasteiger partial charge on any atom is -0.511 e. The van der Waals surface area contributed by atoms with E-state index >= 15 is 0 Å². The summed E-state index contributed by atoms with van der Waals surface area (Å²) in [6.07, 6.45) is 3.27. The predicted molar refractivity (Wildman–Crippen MR) is 86.0 cm³/mol. The number of fused-ring (bicyclic) bond motifs is 5. The molecule has 0 aromatic heterocycles. The van der Waals surface area contributed by atoms with Gasteiger partial charge >= 0.3 is 0 Å². The molecule has 2 aliphatic heterocycles. The van der Waals surface area contributed by atoms with Crippen molar-refractivity contribution in [1.29, 1.82) is 0 Å². The van der Waals surface area contributed by atoms with Crippen LogP contribution < -0.4 is 0 Å². The second-order valence-electron chi connectivity index (χ2n) is 6.96. The fraction of sp³-hybridized carbons (Fsp3) is 0.421. The van der Waals surface area contributed by atoms with Gasteiger partial charge in [-0.1, -0.05) is 29.8 Å². The molecule has 4 rings (SSSR count). The molecule has 4 nitrogen and oxygen atoms in total. The van der Waals surface area contributed by atoms with E-state index in [0.717, 1.165) is 22.3 Å². The summed E-state index contributed by atoms with van der Waals surface area (Å²) >= 11 is 0. The van der Waals surface area contributed by atoms with Crippen molar-refractivity contribution >= 4 is 11.4 Å². The van der Waals surface area contributed by atoms with Crippen LogP contribution >= 0.6 is 0 Å². The van der Waals surface area contributed by atoms with Crippen LogP contribution in [0.4, 0.5) is 0 Å².